The maximum atomic E-state index is 12.2. The van der Waals surface area contributed by atoms with Crippen molar-refractivity contribution in [2.24, 2.45) is 4.99 Å². The molecule has 6 nitrogen and oxygen atoms in total. The normalized spacial score (nSPS) is 15.5. The molecule has 1 heterocycles. The zero-order valence-corrected chi connectivity index (χ0v) is 14.6. The molecule has 1 aliphatic heterocycles. The summed E-state index contributed by atoms with van der Waals surface area (Å²) in [6, 6.07) is 7.36. The van der Waals surface area contributed by atoms with E-state index in [4.69, 9.17) is 0 Å². The van der Waals surface area contributed by atoms with E-state index in [9.17, 15) is 9.59 Å². The topological polar surface area (TPSA) is 73.8 Å². The van der Waals surface area contributed by atoms with Crippen LogP contribution in [0, 0.1) is 0 Å². The summed E-state index contributed by atoms with van der Waals surface area (Å²) in [6.07, 6.45) is 2.65. The van der Waals surface area contributed by atoms with Crippen molar-refractivity contribution in [3.8, 4) is 0 Å². The second-order valence-electron chi connectivity index (χ2n) is 5.97. The number of carbonyl (C=O) groups is 2. The maximum absolute atomic E-state index is 12.2. The summed E-state index contributed by atoms with van der Waals surface area (Å²) >= 11 is 0. The quantitative estimate of drug-likeness (QED) is 0.347. The van der Waals surface area contributed by atoms with E-state index in [2.05, 4.69) is 29.5 Å². The second kappa shape index (κ2) is 8.47. The van der Waals surface area contributed by atoms with Gasteiger partial charge in [-0.1, -0.05) is 19.1 Å². The fourth-order valence-electron chi connectivity index (χ4n) is 2.57. The van der Waals surface area contributed by atoms with Crippen molar-refractivity contribution in [2.45, 2.75) is 39.2 Å². The van der Waals surface area contributed by atoms with E-state index >= 15 is 0 Å². The Bertz CT molecular complexity index is 592. The largest absolute Gasteiger partial charge is 0.356 e. The molecule has 6 heteroatoms. The van der Waals surface area contributed by atoms with Crippen LogP contribution in [-0.4, -0.2) is 48.9 Å². The third-order valence-electron chi connectivity index (χ3n) is 4.20. The number of fused-ring (bicyclic) bond motifs is 1. The number of hydrogen-bond acceptors (Lipinski definition) is 3. The van der Waals surface area contributed by atoms with Gasteiger partial charge in [0, 0.05) is 26.2 Å². The smallest absolute Gasteiger partial charge is 0.261 e. The molecule has 0 radical (unpaired) electrons. The van der Waals surface area contributed by atoms with Crippen LogP contribution in [0.4, 0.5) is 0 Å². The molecule has 0 bridgehead atoms. The first kappa shape index (κ1) is 18.0. The standard InChI is InChI=1S/C18H26N4O2/c1-4-13(2)21-18(19-3)20-11-7-8-12-22-16(23)14-9-5-6-10-15(14)17(22)24/h5-6,9-10,13H,4,7-8,11-12H2,1-3H3,(H2,19,20,21). The van der Waals surface area contributed by atoms with Gasteiger partial charge in [0.15, 0.2) is 5.96 Å². The fraction of sp³-hybridized carbons (Fsp3) is 0.500. The summed E-state index contributed by atoms with van der Waals surface area (Å²) in [5, 5.41) is 6.54. The summed E-state index contributed by atoms with van der Waals surface area (Å²) in [6.45, 7) is 5.42. The highest BCUT2D eigenvalue weighted by Crippen LogP contribution is 2.22. The minimum Gasteiger partial charge on any atom is -0.356 e. The molecule has 0 aromatic heterocycles. The Hall–Kier alpha value is -2.37. The van der Waals surface area contributed by atoms with Gasteiger partial charge in [0.05, 0.1) is 11.1 Å². The van der Waals surface area contributed by atoms with Crippen LogP contribution in [0.2, 0.25) is 0 Å². The van der Waals surface area contributed by atoms with Gasteiger partial charge in [0.1, 0.15) is 0 Å². The van der Waals surface area contributed by atoms with E-state index in [1.165, 1.54) is 4.90 Å². The lowest BCUT2D eigenvalue weighted by Gasteiger charge is -2.17. The molecular formula is C18H26N4O2. The van der Waals surface area contributed by atoms with Gasteiger partial charge in [0.2, 0.25) is 0 Å². The van der Waals surface area contributed by atoms with Gasteiger partial charge >= 0.3 is 0 Å². The van der Waals surface area contributed by atoms with Crippen molar-refractivity contribution in [1.82, 2.24) is 15.5 Å². The molecule has 1 unspecified atom stereocenters. The first-order chi connectivity index (χ1) is 11.6. The highest BCUT2D eigenvalue weighted by molar-refractivity contribution is 6.21. The zero-order valence-electron chi connectivity index (χ0n) is 14.6. The molecule has 1 aromatic carbocycles. The number of amides is 2. The van der Waals surface area contributed by atoms with Crippen LogP contribution in [0.1, 0.15) is 53.8 Å². The van der Waals surface area contributed by atoms with Crippen molar-refractivity contribution in [2.75, 3.05) is 20.1 Å². The number of imide groups is 1. The molecule has 1 aliphatic rings. The van der Waals surface area contributed by atoms with Crippen LogP contribution in [-0.2, 0) is 0 Å². The Morgan fingerprint density at radius 1 is 1.17 bits per heavy atom. The number of rotatable bonds is 7. The molecule has 0 fully saturated rings. The average Bonchev–Trinajstić information content (AvgIpc) is 2.85. The highest BCUT2D eigenvalue weighted by Gasteiger charge is 2.34. The molecule has 1 atom stereocenters. The number of hydrogen-bond donors (Lipinski definition) is 2. The Morgan fingerprint density at radius 2 is 1.79 bits per heavy atom. The molecule has 0 spiro atoms. The van der Waals surface area contributed by atoms with E-state index in [1.807, 2.05) is 0 Å². The summed E-state index contributed by atoms with van der Waals surface area (Å²) in [7, 11) is 1.75. The number of aliphatic imine (C=N–C) groups is 1. The third kappa shape index (κ3) is 4.13. The van der Waals surface area contributed by atoms with E-state index < -0.39 is 0 Å². The minimum absolute atomic E-state index is 0.183. The number of nitrogens with zero attached hydrogens (tertiary/aromatic N) is 2. The number of unbranched alkanes of at least 4 members (excludes halogenated alkanes) is 1. The Labute approximate surface area is 143 Å². The SMILES string of the molecule is CCC(C)NC(=NC)NCCCCN1C(=O)c2ccccc2C1=O. The van der Waals surface area contributed by atoms with Crippen LogP contribution in [0.3, 0.4) is 0 Å². The molecule has 0 aliphatic carbocycles. The maximum Gasteiger partial charge on any atom is 0.261 e. The second-order valence-corrected chi connectivity index (χ2v) is 5.97. The van der Waals surface area contributed by atoms with Gasteiger partial charge < -0.3 is 10.6 Å². The van der Waals surface area contributed by atoms with Crippen LogP contribution >= 0.6 is 0 Å². The average molecular weight is 330 g/mol. The van der Waals surface area contributed by atoms with Crippen molar-refractivity contribution < 1.29 is 9.59 Å². The van der Waals surface area contributed by atoms with E-state index in [1.54, 1.807) is 31.3 Å². The van der Waals surface area contributed by atoms with Gasteiger partial charge in [-0.2, -0.15) is 0 Å². The lowest BCUT2D eigenvalue weighted by Crippen LogP contribution is -2.42. The molecule has 1 aromatic rings. The molecule has 2 rings (SSSR count). The number of guanidine groups is 1. The molecule has 0 saturated heterocycles. The Morgan fingerprint density at radius 3 is 2.33 bits per heavy atom. The van der Waals surface area contributed by atoms with Crippen LogP contribution < -0.4 is 10.6 Å². The van der Waals surface area contributed by atoms with Crippen molar-refractivity contribution in [3.63, 3.8) is 0 Å². The molecular weight excluding hydrogens is 304 g/mol. The van der Waals surface area contributed by atoms with E-state index in [-0.39, 0.29) is 11.8 Å². The zero-order chi connectivity index (χ0) is 17.5. The van der Waals surface area contributed by atoms with Crippen molar-refractivity contribution in [3.05, 3.63) is 35.4 Å². The molecule has 24 heavy (non-hydrogen) atoms. The van der Waals surface area contributed by atoms with Gasteiger partial charge in [-0.05, 0) is 38.3 Å². The highest BCUT2D eigenvalue weighted by atomic mass is 16.2. The minimum atomic E-state index is -0.183. The molecule has 0 saturated carbocycles. The van der Waals surface area contributed by atoms with Crippen molar-refractivity contribution in [1.29, 1.82) is 0 Å². The Kier molecular flexibility index (Phi) is 6.35. The van der Waals surface area contributed by atoms with Crippen LogP contribution in [0.25, 0.3) is 0 Å². The van der Waals surface area contributed by atoms with Crippen LogP contribution in [0.5, 0.6) is 0 Å². The first-order valence-corrected chi connectivity index (χ1v) is 8.50. The summed E-state index contributed by atoms with van der Waals surface area (Å²) < 4.78 is 0. The summed E-state index contributed by atoms with van der Waals surface area (Å²) in [4.78, 5) is 30.0. The van der Waals surface area contributed by atoms with Gasteiger partial charge in [-0.25, -0.2) is 0 Å². The molecule has 2 amide bonds. The molecule has 130 valence electrons. The first-order valence-electron chi connectivity index (χ1n) is 8.50. The van der Waals surface area contributed by atoms with Crippen LogP contribution in [0.15, 0.2) is 29.3 Å². The van der Waals surface area contributed by atoms with E-state index in [0.29, 0.717) is 23.7 Å². The lowest BCUT2D eigenvalue weighted by molar-refractivity contribution is 0.0652. The van der Waals surface area contributed by atoms with Gasteiger partial charge in [0.25, 0.3) is 11.8 Å². The molecule has 2 N–H and O–H groups in total. The predicted octanol–water partition coefficient (Wildman–Crippen LogP) is 2.03. The fourth-order valence-corrected chi connectivity index (χ4v) is 2.57. The third-order valence-corrected chi connectivity index (χ3v) is 4.20. The predicted molar refractivity (Wildman–Crippen MR) is 95.3 cm³/mol. The number of carbonyl (C=O) groups excluding carboxylic acids is 2. The summed E-state index contributed by atoms with van der Waals surface area (Å²) in [5.41, 5.74) is 1.03. The van der Waals surface area contributed by atoms with Gasteiger partial charge in [-0.3, -0.25) is 19.5 Å². The number of nitrogens with one attached hydrogen (secondary N) is 2. The summed E-state index contributed by atoms with van der Waals surface area (Å²) in [5.74, 6) is 0.417. The van der Waals surface area contributed by atoms with Gasteiger partial charge in [-0.15, -0.1) is 0 Å². The Balaban J connectivity index is 1.74. The van der Waals surface area contributed by atoms with E-state index in [0.717, 1.165) is 31.8 Å². The lowest BCUT2D eigenvalue weighted by atomic mass is 10.1. The monoisotopic (exact) mass is 330 g/mol. The van der Waals surface area contributed by atoms with Crippen molar-refractivity contribution >= 4 is 17.8 Å². The number of benzene rings is 1.